The standard InChI is InChI=1S/C14H15F2N5O2S2/c15-11-5-10(6-12(16)13(11)19-1-3-25-4-2-19)20-7-9(17-18-20)8-21(24)14(22)23/h5-7,24H,1-4,8H2,(H,22,23). The molecular weight excluding hydrogens is 372 g/mol. The lowest BCUT2D eigenvalue weighted by Gasteiger charge is -2.29. The summed E-state index contributed by atoms with van der Waals surface area (Å²) in [5.74, 6) is 0.328. The molecule has 2 aromatic rings. The number of thioether (sulfide) groups is 1. The molecule has 2 heterocycles. The predicted octanol–water partition coefficient (Wildman–Crippen LogP) is 2.42. The van der Waals surface area contributed by atoms with E-state index in [2.05, 4.69) is 23.1 Å². The van der Waals surface area contributed by atoms with Gasteiger partial charge in [0, 0.05) is 36.7 Å². The molecule has 25 heavy (non-hydrogen) atoms. The maximum Gasteiger partial charge on any atom is 0.417 e. The fourth-order valence-electron chi connectivity index (χ4n) is 2.49. The Balaban J connectivity index is 1.84. The van der Waals surface area contributed by atoms with E-state index in [4.69, 9.17) is 5.11 Å². The zero-order valence-corrected chi connectivity index (χ0v) is 14.7. The van der Waals surface area contributed by atoms with Gasteiger partial charge >= 0.3 is 6.09 Å². The molecule has 1 aromatic carbocycles. The number of thiol groups is 1. The summed E-state index contributed by atoms with van der Waals surface area (Å²) in [5, 5.41) is 16.4. The van der Waals surface area contributed by atoms with Crippen LogP contribution in [0.3, 0.4) is 0 Å². The van der Waals surface area contributed by atoms with E-state index in [0.29, 0.717) is 18.8 Å². The lowest BCUT2D eigenvalue weighted by atomic mass is 10.2. The summed E-state index contributed by atoms with van der Waals surface area (Å²) in [6, 6.07) is 2.38. The van der Waals surface area contributed by atoms with Crippen molar-refractivity contribution in [1.82, 2.24) is 19.3 Å². The minimum Gasteiger partial charge on any atom is -0.464 e. The van der Waals surface area contributed by atoms with Crippen LogP contribution in [0, 0.1) is 11.6 Å². The lowest BCUT2D eigenvalue weighted by Crippen LogP contribution is -2.33. The number of amides is 1. The molecule has 1 N–H and O–H groups in total. The van der Waals surface area contributed by atoms with Gasteiger partial charge in [0.05, 0.1) is 18.4 Å². The summed E-state index contributed by atoms with van der Waals surface area (Å²) in [6.07, 6.45) is 0.163. The van der Waals surface area contributed by atoms with E-state index in [-0.39, 0.29) is 17.9 Å². The molecule has 0 atom stereocenters. The van der Waals surface area contributed by atoms with Gasteiger partial charge in [0.2, 0.25) is 0 Å². The Labute approximate surface area is 152 Å². The minimum atomic E-state index is -1.24. The molecule has 1 saturated heterocycles. The van der Waals surface area contributed by atoms with Crippen LogP contribution < -0.4 is 4.90 Å². The van der Waals surface area contributed by atoms with Crippen LogP contribution >= 0.6 is 24.6 Å². The molecule has 0 bridgehead atoms. The number of carbonyl (C=O) groups is 1. The Kier molecular flexibility index (Phi) is 5.33. The first-order valence-corrected chi connectivity index (χ1v) is 8.94. The molecule has 1 fully saturated rings. The van der Waals surface area contributed by atoms with Crippen molar-refractivity contribution < 1.29 is 18.7 Å². The number of hydrogen-bond acceptors (Lipinski definition) is 6. The van der Waals surface area contributed by atoms with Gasteiger partial charge < -0.3 is 10.0 Å². The molecule has 7 nitrogen and oxygen atoms in total. The predicted molar refractivity (Wildman–Crippen MR) is 93.4 cm³/mol. The van der Waals surface area contributed by atoms with Gasteiger partial charge in [0.1, 0.15) is 11.4 Å². The largest absolute Gasteiger partial charge is 0.464 e. The average Bonchev–Trinajstić information content (AvgIpc) is 3.03. The molecule has 0 unspecified atom stereocenters. The van der Waals surface area contributed by atoms with Crippen molar-refractivity contribution in [2.24, 2.45) is 0 Å². The number of nitrogens with zero attached hydrogens (tertiary/aromatic N) is 5. The van der Waals surface area contributed by atoms with E-state index >= 15 is 0 Å². The number of halogens is 2. The highest BCUT2D eigenvalue weighted by atomic mass is 32.2. The second-order valence-corrected chi connectivity index (χ2v) is 7.06. The topological polar surface area (TPSA) is 74.5 Å². The summed E-state index contributed by atoms with van der Waals surface area (Å²) in [5.41, 5.74) is 0.442. The second-order valence-electron chi connectivity index (χ2n) is 5.35. The molecule has 1 amide bonds. The molecular formula is C14H15F2N5O2S2. The van der Waals surface area contributed by atoms with Gasteiger partial charge in [-0.25, -0.2) is 22.6 Å². The van der Waals surface area contributed by atoms with Gasteiger partial charge in [-0.15, -0.1) is 5.10 Å². The summed E-state index contributed by atoms with van der Waals surface area (Å²) < 4.78 is 30.8. The van der Waals surface area contributed by atoms with E-state index in [9.17, 15) is 13.6 Å². The number of hydrogen-bond donors (Lipinski definition) is 2. The normalized spacial score (nSPS) is 14.6. The van der Waals surface area contributed by atoms with E-state index in [1.807, 2.05) is 0 Å². The zero-order chi connectivity index (χ0) is 18.0. The van der Waals surface area contributed by atoms with Gasteiger partial charge in [-0.1, -0.05) is 18.0 Å². The first-order chi connectivity index (χ1) is 12.0. The molecule has 1 aromatic heterocycles. The van der Waals surface area contributed by atoms with Gasteiger partial charge in [0.25, 0.3) is 0 Å². The van der Waals surface area contributed by atoms with Crippen LogP contribution in [0.5, 0.6) is 0 Å². The SMILES string of the molecule is O=C(O)N(S)Cc1cn(-c2cc(F)c(N3CCSCC3)c(F)c2)nn1. The van der Waals surface area contributed by atoms with Gasteiger partial charge in [-0.2, -0.15) is 11.8 Å². The lowest BCUT2D eigenvalue weighted by molar-refractivity contribution is 0.174. The van der Waals surface area contributed by atoms with E-state index in [1.165, 1.54) is 23.0 Å². The van der Waals surface area contributed by atoms with E-state index < -0.39 is 17.7 Å². The molecule has 0 radical (unpaired) electrons. The Hall–Kier alpha value is -2.01. The first-order valence-electron chi connectivity index (χ1n) is 7.38. The second kappa shape index (κ2) is 7.48. The maximum atomic E-state index is 14.5. The third-order valence-electron chi connectivity index (χ3n) is 3.67. The Morgan fingerprint density at radius 1 is 1.32 bits per heavy atom. The number of carboxylic acid groups (broad SMARTS) is 1. The third-order valence-corrected chi connectivity index (χ3v) is 4.92. The fraction of sp³-hybridized carbons (Fsp3) is 0.357. The molecule has 0 saturated carbocycles. The molecule has 1 aliphatic rings. The number of aromatic nitrogens is 3. The summed E-state index contributed by atoms with van der Waals surface area (Å²) in [6.45, 7) is 1.09. The van der Waals surface area contributed by atoms with Crippen LogP contribution in [-0.4, -0.2) is 55.1 Å². The van der Waals surface area contributed by atoms with Crippen molar-refractivity contribution in [3.63, 3.8) is 0 Å². The highest BCUT2D eigenvalue weighted by Crippen LogP contribution is 2.28. The molecule has 134 valence electrons. The van der Waals surface area contributed by atoms with Gasteiger partial charge in [0.15, 0.2) is 11.6 Å². The monoisotopic (exact) mass is 387 g/mol. The van der Waals surface area contributed by atoms with Crippen molar-refractivity contribution in [2.45, 2.75) is 6.54 Å². The highest BCUT2D eigenvalue weighted by molar-refractivity contribution is 7.99. The van der Waals surface area contributed by atoms with Crippen molar-refractivity contribution in [2.75, 3.05) is 29.5 Å². The van der Waals surface area contributed by atoms with Crippen molar-refractivity contribution >= 4 is 36.4 Å². The minimum absolute atomic E-state index is 0.0307. The summed E-state index contributed by atoms with van der Waals surface area (Å²) in [4.78, 5) is 12.4. The molecule has 0 spiro atoms. The Bertz CT molecular complexity index is 759. The third kappa shape index (κ3) is 3.98. The van der Waals surface area contributed by atoms with Gasteiger partial charge in [-0.3, -0.25) is 0 Å². The van der Waals surface area contributed by atoms with Crippen LogP contribution in [0.15, 0.2) is 18.3 Å². The average molecular weight is 387 g/mol. The van der Waals surface area contributed by atoms with Crippen molar-refractivity contribution in [3.05, 3.63) is 35.7 Å². The molecule has 11 heteroatoms. The van der Waals surface area contributed by atoms with E-state index in [1.54, 1.807) is 16.7 Å². The van der Waals surface area contributed by atoms with Crippen molar-refractivity contribution in [1.29, 1.82) is 0 Å². The molecule has 1 aliphatic heterocycles. The highest BCUT2D eigenvalue weighted by Gasteiger charge is 2.21. The Morgan fingerprint density at radius 3 is 2.56 bits per heavy atom. The van der Waals surface area contributed by atoms with Crippen LogP contribution in [-0.2, 0) is 6.54 Å². The summed E-state index contributed by atoms with van der Waals surface area (Å²) >= 11 is 5.52. The van der Waals surface area contributed by atoms with Crippen LogP contribution in [0.4, 0.5) is 19.3 Å². The maximum absolute atomic E-state index is 14.5. The summed E-state index contributed by atoms with van der Waals surface area (Å²) in [7, 11) is 0. The fourth-order valence-corrected chi connectivity index (χ4v) is 3.54. The quantitative estimate of drug-likeness (QED) is 0.785. The van der Waals surface area contributed by atoms with Crippen LogP contribution in [0.1, 0.15) is 5.69 Å². The van der Waals surface area contributed by atoms with Crippen LogP contribution in [0.2, 0.25) is 0 Å². The number of rotatable bonds is 4. The smallest absolute Gasteiger partial charge is 0.417 e. The number of anilines is 1. The van der Waals surface area contributed by atoms with E-state index in [0.717, 1.165) is 15.8 Å². The van der Waals surface area contributed by atoms with Crippen LogP contribution in [0.25, 0.3) is 5.69 Å². The van der Waals surface area contributed by atoms with Gasteiger partial charge in [-0.05, 0) is 0 Å². The molecule has 0 aliphatic carbocycles. The molecule has 3 rings (SSSR count). The zero-order valence-electron chi connectivity index (χ0n) is 13.0. The Morgan fingerprint density at radius 2 is 1.96 bits per heavy atom. The van der Waals surface area contributed by atoms with Crippen molar-refractivity contribution in [3.8, 4) is 5.69 Å². The first kappa shape index (κ1) is 17.8. The number of benzene rings is 1.